The molecule has 36 heavy (non-hydrogen) atoms. The van der Waals surface area contributed by atoms with Gasteiger partial charge in [-0.15, -0.1) is 0 Å². The van der Waals surface area contributed by atoms with Gasteiger partial charge in [-0.3, -0.25) is 19.9 Å². The van der Waals surface area contributed by atoms with Crippen molar-refractivity contribution in [3.05, 3.63) is 94.9 Å². The number of nitrogens with one attached hydrogen (secondary N) is 3. The number of likely N-dealkylation sites (N-methyl/N-ethyl adjacent to an activating group) is 1. The van der Waals surface area contributed by atoms with E-state index in [2.05, 4.69) is 26.3 Å². The normalized spacial score (nSPS) is 11.4. The number of hydrogen-bond donors (Lipinski definition) is 3. The smallest absolute Gasteiger partial charge is 0.243 e. The number of nitriles is 1. The zero-order chi connectivity index (χ0) is 25.5. The number of pyridine rings is 2. The molecule has 1 aromatic carbocycles. The van der Waals surface area contributed by atoms with Gasteiger partial charge in [-0.2, -0.15) is 10.4 Å². The molecule has 178 valence electrons. The summed E-state index contributed by atoms with van der Waals surface area (Å²) in [5, 5.41) is 24.0. The number of aromatic nitrogens is 4. The molecule has 0 spiro atoms. The number of carbonyl (C=O) groups excluding carboxylic acids is 1. The van der Waals surface area contributed by atoms with E-state index < -0.39 is 0 Å². The maximum atomic E-state index is 11.9. The fourth-order valence-electron chi connectivity index (χ4n) is 3.74. The fourth-order valence-corrected chi connectivity index (χ4v) is 3.74. The Labute approximate surface area is 208 Å². The van der Waals surface area contributed by atoms with Crippen molar-refractivity contribution in [1.82, 2.24) is 25.1 Å². The Bertz CT molecular complexity index is 1570. The second kappa shape index (κ2) is 10.9. The Hall–Kier alpha value is -5.10. The van der Waals surface area contributed by atoms with Gasteiger partial charge in [-0.25, -0.2) is 4.99 Å². The Balaban J connectivity index is 1.89. The molecule has 4 aromatic rings. The summed E-state index contributed by atoms with van der Waals surface area (Å²) >= 11 is 0. The van der Waals surface area contributed by atoms with Crippen molar-refractivity contribution in [2.75, 3.05) is 7.05 Å². The van der Waals surface area contributed by atoms with Crippen LogP contribution >= 0.6 is 0 Å². The Kier molecular flexibility index (Phi) is 7.27. The largest absolute Gasteiger partial charge is 0.356 e. The van der Waals surface area contributed by atoms with Crippen LogP contribution in [0.3, 0.4) is 0 Å². The Morgan fingerprint density at radius 1 is 1.22 bits per heavy atom. The van der Waals surface area contributed by atoms with E-state index in [4.69, 9.17) is 10.5 Å². The molecule has 0 aliphatic heterocycles. The first kappa shape index (κ1) is 24.0. The molecule has 3 aromatic heterocycles. The average Bonchev–Trinajstić information content (AvgIpc) is 3.31. The monoisotopic (exact) mass is 476 g/mol. The molecule has 0 aliphatic carbocycles. The summed E-state index contributed by atoms with van der Waals surface area (Å²) < 4.78 is 1.81. The standard InChI is InChI=1S/C27H24N8O/c1-18-5-3-8-24(32-18)27-22(16-35(34-27)15-20-7-4-6-19(13-20)14-28)21-9-11-25(31-17-29)33-23(21)10-12-26(36)30-2/h3-13,16-17H,15H2,1-2H3,(H,30,36)(H2,29,31,33)/b12-10+. The molecule has 9 nitrogen and oxygen atoms in total. The third kappa shape index (κ3) is 5.51. The van der Waals surface area contributed by atoms with E-state index in [9.17, 15) is 10.1 Å². The first-order valence-electron chi connectivity index (χ1n) is 11.2. The highest BCUT2D eigenvalue weighted by Crippen LogP contribution is 2.32. The summed E-state index contributed by atoms with van der Waals surface area (Å²) in [6.45, 7) is 2.38. The lowest BCUT2D eigenvalue weighted by molar-refractivity contribution is -0.115. The summed E-state index contributed by atoms with van der Waals surface area (Å²) in [6, 6.07) is 19.0. The summed E-state index contributed by atoms with van der Waals surface area (Å²) in [4.78, 5) is 23.8. The van der Waals surface area contributed by atoms with E-state index in [0.29, 0.717) is 34.7 Å². The predicted molar refractivity (Wildman–Crippen MR) is 138 cm³/mol. The lowest BCUT2D eigenvalue weighted by Crippen LogP contribution is -2.14. The van der Waals surface area contributed by atoms with Crippen molar-refractivity contribution in [3.63, 3.8) is 0 Å². The quantitative estimate of drug-likeness (QED) is 0.214. The molecule has 1 amide bonds. The molecule has 0 unspecified atom stereocenters. The zero-order valence-corrected chi connectivity index (χ0v) is 19.9. The van der Waals surface area contributed by atoms with Crippen LogP contribution in [0, 0.1) is 23.7 Å². The molecule has 0 saturated carbocycles. The van der Waals surface area contributed by atoms with E-state index in [1.54, 1.807) is 25.3 Å². The summed E-state index contributed by atoms with van der Waals surface area (Å²) in [5.74, 6) is -0.252. The average molecular weight is 477 g/mol. The fraction of sp³-hybridized carbons (Fsp3) is 0.111. The molecule has 0 atom stereocenters. The second-order valence-corrected chi connectivity index (χ2v) is 7.94. The Morgan fingerprint density at radius 2 is 2.06 bits per heavy atom. The number of H-pyrrole nitrogens is 1. The number of nitrogens with zero attached hydrogens (tertiary/aromatic N) is 5. The lowest BCUT2D eigenvalue weighted by Gasteiger charge is -2.07. The minimum Gasteiger partial charge on any atom is -0.356 e. The van der Waals surface area contributed by atoms with Crippen molar-refractivity contribution in [2.45, 2.75) is 13.5 Å². The van der Waals surface area contributed by atoms with Gasteiger partial charge in [0.15, 0.2) is 0 Å². The highest BCUT2D eigenvalue weighted by atomic mass is 16.1. The van der Waals surface area contributed by atoms with Crippen LogP contribution in [-0.4, -0.2) is 39.0 Å². The van der Waals surface area contributed by atoms with Crippen molar-refractivity contribution in [2.24, 2.45) is 4.99 Å². The maximum absolute atomic E-state index is 11.9. The van der Waals surface area contributed by atoms with Crippen LogP contribution in [0.5, 0.6) is 0 Å². The van der Waals surface area contributed by atoms with E-state index in [-0.39, 0.29) is 5.91 Å². The van der Waals surface area contributed by atoms with E-state index >= 15 is 0 Å². The number of benzene rings is 1. The number of hydrogen-bond acceptors (Lipinski definition) is 5. The summed E-state index contributed by atoms with van der Waals surface area (Å²) in [7, 11) is 1.56. The van der Waals surface area contributed by atoms with Gasteiger partial charge in [-0.1, -0.05) is 18.2 Å². The topological polar surface area (TPSA) is 136 Å². The first-order chi connectivity index (χ1) is 17.5. The van der Waals surface area contributed by atoms with Crippen LogP contribution in [0.1, 0.15) is 22.5 Å². The molecule has 3 N–H and O–H groups in total. The number of amides is 1. The van der Waals surface area contributed by atoms with E-state index in [1.165, 1.54) is 6.08 Å². The predicted octanol–water partition coefficient (Wildman–Crippen LogP) is 3.44. The maximum Gasteiger partial charge on any atom is 0.243 e. The number of rotatable bonds is 7. The van der Waals surface area contributed by atoms with Gasteiger partial charge in [0.25, 0.3) is 0 Å². The van der Waals surface area contributed by atoms with E-state index in [1.807, 2.05) is 60.3 Å². The molecule has 0 saturated heterocycles. The third-order valence-electron chi connectivity index (χ3n) is 5.40. The second-order valence-electron chi connectivity index (χ2n) is 7.94. The SMILES string of the molecule is CNC(=O)/C=C/c1[nH]/c(=N\C=N)ccc1-c1cn(Cc2cccc(C#N)c2)nc1-c1cccc(C)n1. The van der Waals surface area contributed by atoms with E-state index in [0.717, 1.165) is 28.7 Å². The first-order valence-corrected chi connectivity index (χ1v) is 11.2. The van der Waals surface area contributed by atoms with Crippen LogP contribution in [-0.2, 0) is 11.3 Å². The van der Waals surface area contributed by atoms with Crippen molar-refractivity contribution >= 4 is 18.3 Å². The molecule has 0 aliphatic rings. The van der Waals surface area contributed by atoms with Crippen LogP contribution in [0.15, 0.2) is 71.9 Å². The van der Waals surface area contributed by atoms with Crippen molar-refractivity contribution < 1.29 is 4.79 Å². The Morgan fingerprint density at radius 3 is 2.81 bits per heavy atom. The number of aryl methyl sites for hydroxylation is 1. The van der Waals surface area contributed by atoms with Gasteiger partial charge in [0.1, 0.15) is 17.5 Å². The minimum absolute atomic E-state index is 0.252. The molecule has 0 radical (unpaired) electrons. The number of aromatic amines is 1. The molecule has 9 heteroatoms. The van der Waals surface area contributed by atoms with Gasteiger partial charge >= 0.3 is 0 Å². The van der Waals surface area contributed by atoms with Gasteiger partial charge in [0, 0.05) is 41.8 Å². The minimum atomic E-state index is -0.252. The lowest BCUT2D eigenvalue weighted by atomic mass is 10.0. The summed E-state index contributed by atoms with van der Waals surface area (Å²) in [5.41, 5.74) is 6.47. The zero-order valence-electron chi connectivity index (χ0n) is 19.9. The van der Waals surface area contributed by atoms with Gasteiger partial charge in [0.05, 0.1) is 23.9 Å². The van der Waals surface area contributed by atoms with Gasteiger partial charge in [-0.05, 0) is 55.0 Å². The van der Waals surface area contributed by atoms with Crippen LogP contribution in [0.2, 0.25) is 0 Å². The van der Waals surface area contributed by atoms with Gasteiger partial charge < -0.3 is 10.3 Å². The highest BCUT2D eigenvalue weighted by Gasteiger charge is 2.17. The summed E-state index contributed by atoms with van der Waals surface area (Å²) in [6.07, 6.45) is 5.96. The number of carbonyl (C=O) groups is 1. The molecular weight excluding hydrogens is 452 g/mol. The van der Waals surface area contributed by atoms with Crippen molar-refractivity contribution in [1.29, 1.82) is 10.7 Å². The van der Waals surface area contributed by atoms with Crippen LogP contribution in [0.25, 0.3) is 28.6 Å². The molecule has 3 heterocycles. The molecule has 4 rings (SSSR count). The van der Waals surface area contributed by atoms with Crippen LogP contribution in [0.4, 0.5) is 0 Å². The van der Waals surface area contributed by atoms with Gasteiger partial charge in [0.2, 0.25) is 5.91 Å². The highest BCUT2D eigenvalue weighted by molar-refractivity contribution is 5.93. The van der Waals surface area contributed by atoms with Crippen molar-refractivity contribution in [3.8, 4) is 28.6 Å². The third-order valence-corrected chi connectivity index (χ3v) is 5.40. The molecule has 0 fully saturated rings. The molecular formula is C27H24N8O. The van der Waals surface area contributed by atoms with Crippen LogP contribution < -0.4 is 10.8 Å². The molecule has 0 bridgehead atoms.